The third-order valence-corrected chi connectivity index (χ3v) is 6.88. The smallest absolute Gasteiger partial charge is 0.175 e. The number of nitrogens with one attached hydrogen (secondary N) is 4. The number of hydrogen-bond acceptors (Lipinski definition) is 4. The minimum Gasteiger partial charge on any atom is -0.504 e. The van der Waals surface area contributed by atoms with Gasteiger partial charge in [0, 0.05) is 36.5 Å². The fourth-order valence-corrected chi connectivity index (χ4v) is 5.15. The van der Waals surface area contributed by atoms with Gasteiger partial charge >= 0.3 is 0 Å². The van der Waals surface area contributed by atoms with Crippen LogP contribution in [0.4, 0.5) is 22.7 Å². The minimum atomic E-state index is -0.144. The van der Waals surface area contributed by atoms with E-state index in [1.54, 1.807) is 42.5 Å². The largest absolute Gasteiger partial charge is 0.504 e. The van der Waals surface area contributed by atoms with E-state index in [1.807, 2.05) is 0 Å². The SMILES string of the molecule is Oc1c(Cl)cc(Cl)cc1NC(=S)Nc1cc(Cl)cc(Cl)c1.Oc1c(Cl)cc(Cl)cc1NC(=S)Nc1ccc(Cl)cc1. The zero-order valence-corrected chi connectivity index (χ0v) is 27.1. The van der Waals surface area contributed by atoms with Crippen molar-refractivity contribution < 1.29 is 10.2 Å². The van der Waals surface area contributed by atoms with Crippen LogP contribution in [-0.2, 0) is 0 Å². The van der Waals surface area contributed by atoms with Gasteiger partial charge in [0.05, 0.1) is 21.4 Å². The first-order chi connectivity index (χ1) is 19.3. The first kappa shape index (κ1) is 33.4. The summed E-state index contributed by atoms with van der Waals surface area (Å²) in [5, 5.41) is 34.2. The van der Waals surface area contributed by atoms with Crippen molar-refractivity contribution >= 4 is 139 Å². The summed E-state index contributed by atoms with van der Waals surface area (Å²) in [5.74, 6) is -0.259. The third-order valence-electron chi connectivity index (χ3n) is 4.78. The van der Waals surface area contributed by atoms with Gasteiger partial charge in [-0.05, 0) is 91.2 Å². The molecule has 0 aliphatic rings. The van der Waals surface area contributed by atoms with Crippen molar-refractivity contribution in [1.82, 2.24) is 0 Å². The Labute approximate surface area is 281 Å². The summed E-state index contributed by atoms with van der Waals surface area (Å²) in [6.45, 7) is 0. The molecule has 6 nitrogen and oxygen atoms in total. The second kappa shape index (κ2) is 15.4. The molecule has 15 heteroatoms. The van der Waals surface area contributed by atoms with Crippen molar-refractivity contribution in [3.05, 3.63) is 102 Å². The lowest BCUT2D eigenvalue weighted by molar-refractivity contribution is 0.477. The zero-order chi connectivity index (χ0) is 30.3. The van der Waals surface area contributed by atoms with Crippen LogP contribution in [0.25, 0.3) is 0 Å². The molecule has 0 atom stereocenters. The van der Waals surface area contributed by atoms with Gasteiger partial charge < -0.3 is 31.5 Å². The Kier molecular flexibility index (Phi) is 12.5. The predicted molar refractivity (Wildman–Crippen MR) is 184 cm³/mol. The van der Waals surface area contributed by atoms with Gasteiger partial charge in [-0.3, -0.25) is 0 Å². The maximum Gasteiger partial charge on any atom is 0.175 e. The van der Waals surface area contributed by atoms with E-state index in [4.69, 9.17) is 106 Å². The molecule has 0 amide bonds. The van der Waals surface area contributed by atoms with Gasteiger partial charge in [-0.15, -0.1) is 0 Å². The van der Waals surface area contributed by atoms with Crippen molar-refractivity contribution in [2.24, 2.45) is 0 Å². The Morgan fingerprint density at radius 1 is 0.463 bits per heavy atom. The van der Waals surface area contributed by atoms with Crippen LogP contribution in [0.2, 0.25) is 35.2 Å². The van der Waals surface area contributed by atoms with Crippen molar-refractivity contribution in [2.45, 2.75) is 0 Å². The standard InChI is InChI=1S/C13H8Cl4N2OS.C13H9Cl3N2OS/c14-6-1-7(15)3-9(2-6)18-13(21)19-11-5-8(16)4-10(17)12(11)20;14-7-1-3-9(4-2-7)17-13(20)18-11-6-8(15)5-10(16)12(11)19/h1-5,20H,(H2,18,19,21);1-6,19H,(H2,17,18,20). The van der Waals surface area contributed by atoms with Gasteiger partial charge in [0.2, 0.25) is 0 Å². The average molecular weight is 730 g/mol. The molecule has 0 saturated heterocycles. The van der Waals surface area contributed by atoms with E-state index in [0.29, 0.717) is 41.6 Å². The number of phenolic OH excluding ortho intramolecular Hbond substituents is 2. The first-order valence-corrected chi connectivity index (χ1v) is 14.5. The fourth-order valence-electron chi connectivity index (χ4n) is 3.05. The van der Waals surface area contributed by atoms with Crippen molar-refractivity contribution in [2.75, 3.05) is 21.3 Å². The van der Waals surface area contributed by atoms with Gasteiger partial charge in [0.25, 0.3) is 0 Å². The lowest BCUT2D eigenvalue weighted by Crippen LogP contribution is -2.19. The van der Waals surface area contributed by atoms with Crippen LogP contribution >= 0.6 is 106 Å². The van der Waals surface area contributed by atoms with Gasteiger partial charge in [-0.2, -0.15) is 0 Å². The van der Waals surface area contributed by atoms with Crippen LogP contribution in [-0.4, -0.2) is 20.4 Å². The summed E-state index contributed by atoms with van der Waals surface area (Å²) in [5.41, 5.74) is 1.99. The molecule has 41 heavy (non-hydrogen) atoms. The Bertz CT molecular complexity index is 1570. The number of hydrogen-bond donors (Lipinski definition) is 6. The summed E-state index contributed by atoms with van der Waals surface area (Å²) in [4.78, 5) is 0. The third kappa shape index (κ3) is 10.6. The molecule has 0 unspecified atom stereocenters. The Morgan fingerprint density at radius 2 is 0.854 bits per heavy atom. The molecule has 0 aliphatic carbocycles. The number of anilines is 4. The van der Waals surface area contributed by atoms with Crippen LogP contribution in [0.1, 0.15) is 0 Å². The molecule has 0 fully saturated rings. The van der Waals surface area contributed by atoms with Crippen LogP contribution in [0.3, 0.4) is 0 Å². The van der Waals surface area contributed by atoms with Crippen LogP contribution in [0.15, 0.2) is 66.7 Å². The first-order valence-electron chi connectivity index (χ1n) is 11.0. The highest BCUT2D eigenvalue weighted by molar-refractivity contribution is 7.81. The van der Waals surface area contributed by atoms with Crippen LogP contribution < -0.4 is 21.3 Å². The number of benzene rings is 4. The molecule has 0 radical (unpaired) electrons. The summed E-state index contributed by atoms with van der Waals surface area (Å²) in [6.07, 6.45) is 0. The molecule has 6 N–H and O–H groups in total. The van der Waals surface area contributed by atoms with Crippen molar-refractivity contribution in [1.29, 1.82) is 0 Å². The van der Waals surface area contributed by atoms with Gasteiger partial charge in [-0.25, -0.2) is 0 Å². The zero-order valence-electron chi connectivity index (χ0n) is 20.2. The van der Waals surface area contributed by atoms with E-state index in [9.17, 15) is 10.2 Å². The monoisotopic (exact) mass is 726 g/mol. The molecule has 0 aliphatic heterocycles. The normalized spacial score (nSPS) is 10.2. The summed E-state index contributed by atoms with van der Waals surface area (Å²) < 4.78 is 0. The van der Waals surface area contributed by atoms with E-state index >= 15 is 0 Å². The minimum absolute atomic E-state index is 0.115. The molecule has 0 heterocycles. The van der Waals surface area contributed by atoms with Crippen LogP contribution in [0.5, 0.6) is 11.5 Å². The maximum atomic E-state index is 9.84. The summed E-state index contributed by atoms with van der Waals surface area (Å²) in [6, 6.07) is 17.9. The average Bonchev–Trinajstić information content (AvgIpc) is 2.86. The highest BCUT2D eigenvalue weighted by Crippen LogP contribution is 2.36. The van der Waals surface area contributed by atoms with Gasteiger partial charge in [0.15, 0.2) is 21.7 Å². The van der Waals surface area contributed by atoms with Crippen molar-refractivity contribution in [3.63, 3.8) is 0 Å². The molecule has 4 rings (SSSR count). The molecule has 0 saturated carbocycles. The Morgan fingerprint density at radius 3 is 1.29 bits per heavy atom. The van der Waals surface area contributed by atoms with Crippen molar-refractivity contribution in [3.8, 4) is 11.5 Å². The lowest BCUT2D eigenvalue weighted by atomic mass is 10.3. The van der Waals surface area contributed by atoms with Gasteiger partial charge in [-0.1, -0.05) is 81.2 Å². The Hall–Kier alpha value is -2.11. The Balaban J connectivity index is 0.000000226. The quantitative estimate of drug-likeness (QED) is 0.0914. The van der Waals surface area contributed by atoms with E-state index in [0.717, 1.165) is 5.69 Å². The second-order valence-electron chi connectivity index (χ2n) is 7.89. The molecule has 0 aromatic heterocycles. The molecule has 4 aromatic rings. The fraction of sp³-hybridized carbons (Fsp3) is 0. The molecule has 214 valence electrons. The molecular formula is C26H17Cl7N4O2S2. The summed E-state index contributed by atoms with van der Waals surface area (Å²) >= 11 is 51.3. The van der Waals surface area contributed by atoms with Crippen LogP contribution in [0, 0.1) is 0 Å². The number of rotatable bonds is 4. The molecule has 0 bridgehead atoms. The van der Waals surface area contributed by atoms with E-state index in [1.165, 1.54) is 24.3 Å². The highest BCUT2D eigenvalue weighted by Gasteiger charge is 2.11. The predicted octanol–water partition coefficient (Wildman–Crippen LogP) is 11.0. The number of halogens is 7. The number of phenols is 2. The number of aromatic hydroxyl groups is 2. The van der Waals surface area contributed by atoms with E-state index in [-0.39, 0.29) is 32.3 Å². The molecular weight excluding hydrogens is 713 g/mol. The molecule has 4 aromatic carbocycles. The summed E-state index contributed by atoms with van der Waals surface area (Å²) in [7, 11) is 0. The van der Waals surface area contributed by atoms with E-state index < -0.39 is 0 Å². The number of thiocarbonyl (C=S) groups is 2. The highest BCUT2D eigenvalue weighted by atomic mass is 35.5. The topological polar surface area (TPSA) is 88.6 Å². The second-order valence-corrected chi connectivity index (χ2v) is 11.7. The molecule has 0 spiro atoms. The maximum absolute atomic E-state index is 9.84. The van der Waals surface area contributed by atoms with E-state index in [2.05, 4.69) is 21.3 Å². The lowest BCUT2D eigenvalue weighted by Gasteiger charge is -2.13. The van der Waals surface area contributed by atoms with Gasteiger partial charge in [0.1, 0.15) is 0 Å².